The van der Waals surface area contributed by atoms with E-state index in [-0.39, 0.29) is 53.3 Å². The van der Waals surface area contributed by atoms with Crippen LogP contribution in [0.3, 0.4) is 0 Å². The van der Waals surface area contributed by atoms with Gasteiger partial charge < -0.3 is 31.3 Å². The van der Waals surface area contributed by atoms with Crippen molar-refractivity contribution in [3.63, 3.8) is 0 Å². The SMILES string of the molecule is Cn1c(=O)n(C2CCC(=O)NC2=O)c2cccc(CC3CC(N4CCN(CC5CCC(N=CC(NC(=O)C(=CN)c6nccc(N7C[C@H]8CC7CO8)n6)=C(N)C(F)F)CC5)CC4)C3)c21. The molecule has 3 amide bonds. The molecule has 2 aliphatic carbocycles. The van der Waals surface area contributed by atoms with Crippen LogP contribution in [0.5, 0.6) is 0 Å². The number of alkyl halides is 2. The number of anilines is 1. The Bertz CT molecular complexity index is 2410. The zero-order chi connectivity index (χ0) is 44.6. The molecule has 2 unspecified atom stereocenters. The first-order valence-electron chi connectivity index (χ1n) is 22.7. The molecule has 17 nitrogen and oxygen atoms in total. The number of piperidine rings is 1. The molecule has 0 radical (unpaired) electrons. The lowest BCUT2D eigenvalue weighted by Crippen LogP contribution is -2.54. The summed E-state index contributed by atoms with van der Waals surface area (Å²) < 4.78 is 36.7. The number of piperazine rings is 1. The number of carbonyl (C=O) groups is 3. The van der Waals surface area contributed by atoms with Crippen molar-refractivity contribution in [3.05, 3.63) is 69.9 Å². The molecule has 4 saturated heterocycles. The first kappa shape index (κ1) is 43.7. The second-order valence-electron chi connectivity index (χ2n) is 18.4. The van der Waals surface area contributed by atoms with Gasteiger partial charge in [-0.25, -0.2) is 23.5 Å². The number of para-hydroxylation sites is 1. The third-order valence-corrected chi connectivity index (χ3v) is 14.4. The fourth-order valence-corrected chi connectivity index (χ4v) is 10.8. The van der Waals surface area contributed by atoms with Crippen LogP contribution in [0, 0.1) is 11.8 Å². The number of carbonyl (C=O) groups excluding carboxylic acids is 3. The molecule has 2 saturated carbocycles. The van der Waals surface area contributed by atoms with Crippen molar-refractivity contribution < 1.29 is 27.9 Å². The summed E-state index contributed by atoms with van der Waals surface area (Å²) in [6.07, 6.45) is 9.07. The maximum absolute atomic E-state index is 13.9. The molecule has 342 valence electrons. The maximum atomic E-state index is 13.9. The molecule has 0 spiro atoms. The summed E-state index contributed by atoms with van der Waals surface area (Å²) in [5, 5.41) is 4.89. The molecular formula is C45H58F2N12O5. The minimum atomic E-state index is -3.01. The number of benzene rings is 1. The number of hydrogen-bond acceptors (Lipinski definition) is 13. The van der Waals surface area contributed by atoms with Gasteiger partial charge in [-0.05, 0) is 87.3 Å². The number of rotatable bonds is 13. The Morgan fingerprint density at radius 3 is 2.50 bits per heavy atom. The smallest absolute Gasteiger partial charge is 0.329 e. The normalized spacial score (nSPS) is 28.5. The fourth-order valence-electron chi connectivity index (χ4n) is 10.8. The standard InChI is InChI=1S/C45H58F2N12O5/c1-55-40-28(3-2-4-35(40)59(45(55)63)36-9-10-38(60)54-44(36)62)17-27-18-30(19-27)57-15-13-56(14-16-57)23-26-5-7-29(8-6-26)51-22-34(39(49)41(46)47)52-43(61)33(21-48)42-50-12-11-37(53-42)58-24-32-20-31(58)25-64-32/h2-4,11-12,21-22,26-27,29-32,36,41H,5-10,13-20,23-25,48-49H2,1H3,(H,52,61)(H,54,60,62)/t26?,27?,29?,30?,31?,32-,36?/m1/s1. The van der Waals surface area contributed by atoms with Crippen molar-refractivity contribution in [1.29, 1.82) is 0 Å². The number of nitrogens with two attached hydrogens (primary N) is 2. The third-order valence-electron chi connectivity index (χ3n) is 14.4. The lowest BCUT2D eigenvalue weighted by molar-refractivity contribution is -0.135. The summed E-state index contributed by atoms with van der Waals surface area (Å²) in [6, 6.07) is 7.66. The number of aliphatic imine (C=N–C) groups is 1. The van der Waals surface area contributed by atoms with Crippen LogP contribution >= 0.6 is 0 Å². The van der Waals surface area contributed by atoms with E-state index < -0.39 is 30.0 Å². The van der Waals surface area contributed by atoms with E-state index in [1.165, 1.54) is 6.21 Å². The van der Waals surface area contributed by atoms with Crippen LogP contribution in [0.4, 0.5) is 14.6 Å². The Morgan fingerprint density at radius 2 is 1.81 bits per heavy atom. The number of aromatic nitrogens is 4. The number of fused-ring (bicyclic) bond motifs is 3. The van der Waals surface area contributed by atoms with Gasteiger partial charge >= 0.3 is 5.69 Å². The highest BCUT2D eigenvalue weighted by molar-refractivity contribution is 6.19. The van der Waals surface area contributed by atoms with E-state index in [1.807, 2.05) is 12.1 Å². The third kappa shape index (κ3) is 8.93. The number of ether oxygens (including phenoxy) is 1. The molecule has 3 aromatic rings. The first-order chi connectivity index (χ1) is 30.9. The minimum absolute atomic E-state index is 0.0729. The van der Waals surface area contributed by atoms with Gasteiger partial charge in [0.15, 0.2) is 5.82 Å². The molecule has 19 heteroatoms. The summed E-state index contributed by atoms with van der Waals surface area (Å²) in [7, 11) is 1.76. The molecule has 2 aromatic heterocycles. The molecule has 3 atom stereocenters. The highest BCUT2D eigenvalue weighted by Gasteiger charge is 2.40. The van der Waals surface area contributed by atoms with Gasteiger partial charge in [-0.1, -0.05) is 12.1 Å². The molecule has 9 rings (SSSR count). The van der Waals surface area contributed by atoms with E-state index in [0.29, 0.717) is 43.3 Å². The number of nitrogens with one attached hydrogen (secondary N) is 2. The van der Waals surface area contributed by atoms with Gasteiger partial charge in [-0.15, -0.1) is 0 Å². The monoisotopic (exact) mass is 884 g/mol. The van der Waals surface area contributed by atoms with E-state index in [4.69, 9.17) is 16.2 Å². The zero-order valence-electron chi connectivity index (χ0n) is 36.2. The van der Waals surface area contributed by atoms with Gasteiger partial charge in [0.1, 0.15) is 17.6 Å². The van der Waals surface area contributed by atoms with Crippen LogP contribution in [0.2, 0.25) is 0 Å². The van der Waals surface area contributed by atoms with Crippen LogP contribution in [0.1, 0.15) is 75.2 Å². The molecular weight excluding hydrogens is 827 g/mol. The van der Waals surface area contributed by atoms with Gasteiger partial charge in [-0.2, -0.15) is 0 Å². The quantitative estimate of drug-likeness (QED) is 0.111. The maximum Gasteiger partial charge on any atom is 0.329 e. The van der Waals surface area contributed by atoms with Gasteiger partial charge in [0.05, 0.1) is 47.1 Å². The van der Waals surface area contributed by atoms with E-state index in [1.54, 1.807) is 28.4 Å². The number of imidazole rings is 1. The predicted molar refractivity (Wildman–Crippen MR) is 236 cm³/mol. The van der Waals surface area contributed by atoms with E-state index in [9.17, 15) is 28.0 Å². The largest absolute Gasteiger partial charge is 0.404 e. The van der Waals surface area contributed by atoms with Crippen LogP contribution in [0.25, 0.3) is 16.6 Å². The lowest BCUT2D eigenvalue weighted by atomic mass is 9.75. The predicted octanol–water partition coefficient (Wildman–Crippen LogP) is 2.20. The van der Waals surface area contributed by atoms with Gasteiger partial charge in [-0.3, -0.25) is 38.7 Å². The number of nitrogens with zero attached hydrogens (tertiary/aromatic N) is 8. The molecule has 6 heterocycles. The molecule has 1 aromatic carbocycles. The lowest BCUT2D eigenvalue weighted by Gasteiger charge is -2.47. The van der Waals surface area contributed by atoms with Crippen LogP contribution in [-0.2, 0) is 32.6 Å². The van der Waals surface area contributed by atoms with Crippen molar-refractivity contribution in [2.24, 2.45) is 35.3 Å². The molecule has 64 heavy (non-hydrogen) atoms. The number of hydrogen-bond donors (Lipinski definition) is 4. The van der Waals surface area contributed by atoms with Crippen molar-refractivity contribution in [1.82, 2.24) is 39.5 Å². The number of aryl methyl sites for hydroxylation is 1. The summed E-state index contributed by atoms with van der Waals surface area (Å²) in [5.41, 5.74) is 13.0. The van der Waals surface area contributed by atoms with Crippen molar-refractivity contribution in [2.45, 2.75) is 101 Å². The van der Waals surface area contributed by atoms with E-state index in [2.05, 4.69) is 46.4 Å². The summed E-state index contributed by atoms with van der Waals surface area (Å²) in [5.74, 6) is 0.254. The van der Waals surface area contributed by atoms with Crippen LogP contribution in [-0.4, -0.2) is 129 Å². The molecule has 4 aliphatic heterocycles. The summed E-state index contributed by atoms with van der Waals surface area (Å²) >= 11 is 0. The van der Waals surface area contributed by atoms with E-state index in [0.717, 1.165) is 107 Å². The van der Waals surface area contributed by atoms with Crippen LogP contribution < -0.4 is 32.7 Å². The van der Waals surface area contributed by atoms with Gasteiger partial charge in [0, 0.05) is 77.4 Å². The zero-order valence-corrected chi connectivity index (χ0v) is 36.2. The van der Waals surface area contributed by atoms with E-state index >= 15 is 0 Å². The fraction of sp³-hybridized carbons (Fsp3) is 0.578. The molecule has 6 aliphatic rings. The molecule has 6 fully saturated rings. The average molecular weight is 885 g/mol. The Hall–Kier alpha value is -5.53. The first-order valence-corrected chi connectivity index (χ1v) is 22.7. The van der Waals surface area contributed by atoms with Crippen molar-refractivity contribution >= 4 is 46.4 Å². The Labute approximate surface area is 369 Å². The highest BCUT2D eigenvalue weighted by Crippen LogP contribution is 2.37. The Kier molecular flexibility index (Phi) is 12.6. The summed E-state index contributed by atoms with van der Waals surface area (Å²) in [6.45, 7) is 6.38. The number of morpholine rings is 1. The van der Waals surface area contributed by atoms with Gasteiger partial charge in [0.2, 0.25) is 11.8 Å². The number of imide groups is 1. The second-order valence-corrected chi connectivity index (χ2v) is 18.4. The highest BCUT2D eigenvalue weighted by atomic mass is 19.3. The Balaban J connectivity index is 0.725. The molecule has 6 N–H and O–H groups in total. The number of allylic oxidation sites excluding steroid dienone is 2. The minimum Gasteiger partial charge on any atom is -0.404 e. The second kappa shape index (κ2) is 18.5. The average Bonchev–Trinajstić information content (AvgIpc) is 3.99. The topological polar surface area (TPSA) is 211 Å². The number of amides is 3. The summed E-state index contributed by atoms with van der Waals surface area (Å²) in [4.78, 5) is 72.0. The van der Waals surface area contributed by atoms with Gasteiger partial charge in [0.25, 0.3) is 12.3 Å². The van der Waals surface area contributed by atoms with Crippen molar-refractivity contribution in [2.75, 3.05) is 50.8 Å². The van der Waals surface area contributed by atoms with Crippen molar-refractivity contribution in [3.8, 4) is 0 Å². The molecule has 2 bridgehead atoms. The number of halogens is 2. The van der Waals surface area contributed by atoms with Crippen LogP contribution in [0.15, 0.2) is 57.8 Å². The Morgan fingerprint density at radius 1 is 1.03 bits per heavy atom.